The number of hydrogen-bond donors (Lipinski definition) is 3. The average molecular weight is 833 g/mol. The molecule has 2 saturated carbocycles. The lowest BCUT2D eigenvalue weighted by molar-refractivity contribution is -0.169. The molecule has 0 aliphatic heterocycles. The van der Waals surface area contributed by atoms with Crippen LogP contribution in [-0.4, -0.2) is 55.8 Å². The number of esters is 1. The molecule has 0 bridgehead atoms. The number of nitrogens with zero attached hydrogens (tertiary/aromatic N) is 4. The molecule has 11 nitrogen and oxygen atoms in total. The Hall–Kier alpha value is -6.67. The number of alkyl halides is 3. The smallest absolute Gasteiger partial charge is 0.472 e. The van der Waals surface area contributed by atoms with Gasteiger partial charge in [-0.3, -0.25) is 9.69 Å². The van der Waals surface area contributed by atoms with Crippen LogP contribution >= 0.6 is 11.6 Å². The summed E-state index contributed by atoms with van der Waals surface area (Å²) in [6.45, 7) is 0.670. The number of ether oxygens (including phenoxy) is 1. The number of fused-ring (bicyclic) bond motifs is 2. The molecule has 0 spiro atoms. The Kier molecular flexibility index (Phi) is 9.82. The number of carboxylic acids is 1. The minimum absolute atomic E-state index is 0.0432. The van der Waals surface area contributed by atoms with E-state index in [0.29, 0.717) is 45.0 Å². The highest BCUT2D eigenvalue weighted by Gasteiger charge is 2.46. The molecule has 3 N–H and O–H groups in total. The largest absolute Gasteiger partial charge is 0.478 e. The van der Waals surface area contributed by atoms with Crippen molar-refractivity contribution in [3.8, 4) is 0 Å². The van der Waals surface area contributed by atoms with Gasteiger partial charge < -0.3 is 24.7 Å². The topological polar surface area (TPSA) is 142 Å². The van der Waals surface area contributed by atoms with Crippen LogP contribution in [0.1, 0.15) is 74.2 Å². The zero-order valence-electron chi connectivity index (χ0n) is 32.0. The fourth-order valence-electron chi connectivity index (χ4n) is 7.89. The fourth-order valence-corrected chi connectivity index (χ4v) is 8.02. The number of carboxylic acid groups (broad SMARTS) is 1. The van der Waals surface area contributed by atoms with Crippen molar-refractivity contribution in [3.63, 3.8) is 0 Å². The summed E-state index contributed by atoms with van der Waals surface area (Å²) in [5.74, 6) is -4.13. The number of carbonyl (C=O) groups is 3. The summed E-state index contributed by atoms with van der Waals surface area (Å²) in [6, 6.07) is 24.8. The lowest BCUT2D eigenvalue weighted by atomic mass is 10.1. The van der Waals surface area contributed by atoms with E-state index in [1.165, 1.54) is 24.4 Å². The van der Waals surface area contributed by atoms with Crippen LogP contribution in [0.5, 0.6) is 0 Å². The Morgan fingerprint density at radius 3 is 2.43 bits per heavy atom. The number of aromatic amines is 1. The van der Waals surface area contributed by atoms with Gasteiger partial charge in [0.2, 0.25) is 0 Å². The van der Waals surface area contributed by atoms with Gasteiger partial charge >= 0.3 is 24.0 Å². The van der Waals surface area contributed by atoms with Gasteiger partial charge in [-0.05, 0) is 133 Å². The van der Waals surface area contributed by atoms with Gasteiger partial charge in [-0.1, -0.05) is 23.7 Å². The zero-order valence-corrected chi connectivity index (χ0v) is 32.7. The molecule has 2 aliphatic rings. The van der Waals surface area contributed by atoms with Gasteiger partial charge in [0.25, 0.3) is 0 Å². The van der Waals surface area contributed by atoms with E-state index in [1.54, 1.807) is 18.3 Å². The summed E-state index contributed by atoms with van der Waals surface area (Å²) in [4.78, 5) is 50.7. The zero-order chi connectivity index (χ0) is 41.9. The van der Waals surface area contributed by atoms with Crippen molar-refractivity contribution in [2.45, 2.75) is 50.2 Å². The molecule has 2 aliphatic carbocycles. The Labute approximate surface area is 345 Å². The minimum atomic E-state index is -5.27. The number of rotatable bonds is 12. The second-order valence-electron chi connectivity index (χ2n) is 15.4. The quantitative estimate of drug-likeness (QED) is 0.103. The second kappa shape index (κ2) is 15.2. The van der Waals surface area contributed by atoms with Crippen molar-refractivity contribution in [1.29, 1.82) is 0 Å². The normalized spacial score (nSPS) is 16.2. The molecule has 3 aromatic carbocycles. The predicted molar refractivity (Wildman–Crippen MR) is 221 cm³/mol. The van der Waals surface area contributed by atoms with E-state index in [0.717, 1.165) is 54.1 Å². The van der Waals surface area contributed by atoms with E-state index in [2.05, 4.69) is 24.8 Å². The van der Waals surface area contributed by atoms with E-state index in [4.69, 9.17) is 16.3 Å². The minimum Gasteiger partial charge on any atom is -0.478 e. The highest BCUT2D eigenvalue weighted by Crippen LogP contribution is 2.50. The van der Waals surface area contributed by atoms with Crippen LogP contribution in [-0.2, 0) is 22.5 Å². The number of hydrogen-bond acceptors (Lipinski definition) is 7. The van der Waals surface area contributed by atoms with Crippen molar-refractivity contribution >= 4 is 74.3 Å². The monoisotopic (exact) mass is 832 g/mol. The Morgan fingerprint density at radius 1 is 0.933 bits per heavy atom. The molecule has 4 heterocycles. The van der Waals surface area contributed by atoms with E-state index in [-0.39, 0.29) is 40.4 Å². The number of amides is 1. The number of aromatic carboxylic acids is 1. The van der Waals surface area contributed by atoms with Gasteiger partial charge in [0.15, 0.2) is 5.82 Å². The molecule has 2 unspecified atom stereocenters. The van der Waals surface area contributed by atoms with Gasteiger partial charge in [-0.2, -0.15) is 13.2 Å². The number of H-pyrrole nitrogens is 1. The number of halogens is 4. The number of carbonyl (C=O) groups excluding carboxylic acids is 2. The SMILES string of the molecule is COC(=O)c1cc(C2CC2)cnc1N(C(=O)C(F)(F)F)c1ccc2[nH]c(CC3CC3c3cnc(Nc4ccc5c(ccn5Cc5ccc(Cl)cc5)c4)c(C(=O)O)c3)cc2c1. The van der Waals surface area contributed by atoms with Crippen molar-refractivity contribution in [3.05, 3.63) is 142 Å². The molecule has 2 fully saturated rings. The summed E-state index contributed by atoms with van der Waals surface area (Å²) in [6.07, 6.45) is 2.92. The molecule has 7 aromatic rings. The molecule has 2 atom stereocenters. The Balaban J connectivity index is 0.915. The third-order valence-corrected chi connectivity index (χ3v) is 11.4. The molecule has 4 aromatic heterocycles. The maximum Gasteiger partial charge on any atom is 0.472 e. The molecule has 304 valence electrons. The van der Waals surface area contributed by atoms with Gasteiger partial charge in [-0.15, -0.1) is 0 Å². The predicted octanol–water partition coefficient (Wildman–Crippen LogP) is 10.3. The molecule has 0 saturated heterocycles. The van der Waals surface area contributed by atoms with Crippen LogP contribution in [0.3, 0.4) is 0 Å². The molecule has 1 amide bonds. The summed E-state index contributed by atoms with van der Waals surface area (Å²) < 4.78 is 49.2. The number of aromatic nitrogens is 4. The molecular weight excluding hydrogens is 797 g/mol. The highest BCUT2D eigenvalue weighted by molar-refractivity contribution is 6.30. The number of benzene rings is 3. The molecule has 9 rings (SSSR count). The lowest BCUT2D eigenvalue weighted by Gasteiger charge is -2.25. The van der Waals surface area contributed by atoms with E-state index in [9.17, 15) is 32.7 Å². The first-order chi connectivity index (χ1) is 28.8. The number of pyridine rings is 2. The number of anilines is 4. The first kappa shape index (κ1) is 38.8. The maximum absolute atomic E-state index is 14.1. The Morgan fingerprint density at radius 2 is 1.70 bits per heavy atom. The van der Waals surface area contributed by atoms with Crippen molar-refractivity contribution in [1.82, 2.24) is 19.5 Å². The molecular formula is C45H36ClF3N6O5. The van der Waals surface area contributed by atoms with Crippen LogP contribution in [0.2, 0.25) is 5.02 Å². The summed E-state index contributed by atoms with van der Waals surface area (Å²) in [5.41, 5.74) is 5.44. The molecule has 0 radical (unpaired) electrons. The van der Waals surface area contributed by atoms with E-state index >= 15 is 0 Å². The number of nitrogens with one attached hydrogen (secondary N) is 2. The molecule has 15 heteroatoms. The number of methoxy groups -OCH3 is 1. The highest BCUT2D eigenvalue weighted by atomic mass is 35.5. The second-order valence-corrected chi connectivity index (χ2v) is 15.8. The first-order valence-corrected chi connectivity index (χ1v) is 19.7. The molecule has 60 heavy (non-hydrogen) atoms. The van der Waals surface area contributed by atoms with Crippen LogP contribution < -0.4 is 10.2 Å². The van der Waals surface area contributed by atoms with Gasteiger partial charge in [0.1, 0.15) is 16.9 Å². The van der Waals surface area contributed by atoms with Crippen LogP contribution in [0, 0.1) is 5.92 Å². The van der Waals surface area contributed by atoms with E-state index < -0.39 is 29.8 Å². The van der Waals surface area contributed by atoms with Gasteiger partial charge in [0, 0.05) is 63.3 Å². The van der Waals surface area contributed by atoms with Crippen molar-refractivity contribution in [2.24, 2.45) is 5.92 Å². The summed E-state index contributed by atoms with van der Waals surface area (Å²) in [5, 5.41) is 15.6. The fraction of sp³-hybridized carbons (Fsp3) is 0.222. The maximum atomic E-state index is 14.1. The third-order valence-electron chi connectivity index (χ3n) is 11.2. The van der Waals surface area contributed by atoms with E-state index in [1.807, 2.05) is 60.8 Å². The summed E-state index contributed by atoms with van der Waals surface area (Å²) >= 11 is 6.04. The van der Waals surface area contributed by atoms with Crippen molar-refractivity contribution in [2.75, 3.05) is 17.3 Å². The average Bonchev–Trinajstić information content (AvgIpc) is 4.15. The lowest BCUT2D eigenvalue weighted by Crippen LogP contribution is -2.39. The van der Waals surface area contributed by atoms with Crippen molar-refractivity contribution < 1.29 is 37.4 Å². The van der Waals surface area contributed by atoms with Crippen LogP contribution in [0.15, 0.2) is 104 Å². The summed E-state index contributed by atoms with van der Waals surface area (Å²) in [7, 11) is 1.12. The Bertz CT molecular complexity index is 2830. The van der Waals surface area contributed by atoms with Crippen LogP contribution in [0.4, 0.5) is 36.2 Å². The first-order valence-electron chi connectivity index (χ1n) is 19.3. The third kappa shape index (κ3) is 7.77. The van der Waals surface area contributed by atoms with Gasteiger partial charge in [0.05, 0.1) is 12.8 Å². The van der Waals surface area contributed by atoms with Gasteiger partial charge in [-0.25, -0.2) is 19.6 Å². The van der Waals surface area contributed by atoms with Crippen LogP contribution in [0.25, 0.3) is 21.8 Å². The standard InChI is InChI=1S/C45H36ClF3N6O5/c1-60-43(58)37-19-29(25-4-5-25)21-51-41(37)55(44(59)45(47,48)49)34-9-10-38-28(17-34)16-33(52-38)15-27-18-35(27)30-20-36(42(56)57)40(50-22-30)53-32-8-11-39-26(14-32)12-13-54(39)23-24-2-6-31(46)7-3-24/h2-3,6-14,16-17,19-22,25,27,35,52H,4-5,15,18,23H2,1H3,(H,50,53)(H,56,57).